The van der Waals surface area contributed by atoms with E-state index in [9.17, 15) is 4.79 Å². The van der Waals surface area contributed by atoms with Crippen molar-refractivity contribution in [3.8, 4) is 28.6 Å². The van der Waals surface area contributed by atoms with E-state index >= 15 is 0 Å². The molecule has 0 aliphatic carbocycles. The number of esters is 1. The highest BCUT2D eigenvalue weighted by Crippen LogP contribution is 2.27. The Balaban J connectivity index is 1.56. The number of hydrogen-bond donors (Lipinski definition) is 0. The highest BCUT2D eigenvalue weighted by Gasteiger charge is 2.19. The minimum absolute atomic E-state index is 0.155. The summed E-state index contributed by atoms with van der Waals surface area (Å²) in [6.07, 6.45) is -0.801. The summed E-state index contributed by atoms with van der Waals surface area (Å²) in [5.41, 5.74) is 0.683. The van der Waals surface area contributed by atoms with E-state index in [2.05, 4.69) is 10.1 Å². The van der Waals surface area contributed by atoms with Gasteiger partial charge in [-0.25, -0.2) is 4.79 Å². The maximum absolute atomic E-state index is 12.1. The second kappa shape index (κ2) is 8.90. The Morgan fingerprint density at radius 1 is 1.04 bits per heavy atom. The molecule has 2 aromatic carbocycles. The highest BCUT2D eigenvalue weighted by atomic mass is 16.6. The van der Waals surface area contributed by atoms with Gasteiger partial charge >= 0.3 is 5.97 Å². The fourth-order valence-corrected chi connectivity index (χ4v) is 2.41. The molecule has 1 unspecified atom stereocenters. The zero-order valence-corrected chi connectivity index (χ0v) is 15.7. The van der Waals surface area contributed by atoms with Crippen LogP contribution in [0.25, 0.3) is 11.4 Å². The Kier molecular flexibility index (Phi) is 6.11. The zero-order chi connectivity index (χ0) is 19.9. The zero-order valence-electron chi connectivity index (χ0n) is 15.7. The van der Waals surface area contributed by atoms with E-state index in [0.29, 0.717) is 28.6 Å². The first-order valence-corrected chi connectivity index (χ1v) is 8.54. The number of benzene rings is 2. The van der Waals surface area contributed by atoms with Gasteiger partial charge in [-0.3, -0.25) is 0 Å². The summed E-state index contributed by atoms with van der Waals surface area (Å²) in [7, 11) is 3.14. The molecule has 0 saturated carbocycles. The van der Waals surface area contributed by atoms with Crippen LogP contribution in [0.4, 0.5) is 0 Å². The normalized spacial score (nSPS) is 11.5. The third-order valence-corrected chi connectivity index (χ3v) is 3.86. The van der Waals surface area contributed by atoms with Crippen molar-refractivity contribution in [1.82, 2.24) is 10.1 Å². The SMILES string of the molecule is COc1ccc(OC(C)C(=O)OCc2nc(-c3ccccc3OC)no2)cc1. The molecule has 0 amide bonds. The molecule has 1 heterocycles. The summed E-state index contributed by atoms with van der Waals surface area (Å²) < 4.78 is 26.3. The van der Waals surface area contributed by atoms with Gasteiger partial charge < -0.3 is 23.5 Å². The number of aromatic nitrogens is 2. The van der Waals surface area contributed by atoms with E-state index < -0.39 is 12.1 Å². The maximum atomic E-state index is 12.1. The van der Waals surface area contributed by atoms with Gasteiger partial charge in [0.15, 0.2) is 12.7 Å². The van der Waals surface area contributed by atoms with Crippen LogP contribution in [0.15, 0.2) is 53.1 Å². The van der Waals surface area contributed by atoms with E-state index in [0.717, 1.165) is 0 Å². The lowest BCUT2D eigenvalue weighted by Gasteiger charge is -2.13. The Bertz CT molecular complexity index is 922. The van der Waals surface area contributed by atoms with Crippen LogP contribution in [0.1, 0.15) is 12.8 Å². The average molecular weight is 384 g/mol. The Morgan fingerprint density at radius 2 is 1.75 bits per heavy atom. The lowest BCUT2D eigenvalue weighted by Crippen LogP contribution is -2.26. The third-order valence-electron chi connectivity index (χ3n) is 3.86. The van der Waals surface area contributed by atoms with Crippen molar-refractivity contribution in [1.29, 1.82) is 0 Å². The van der Waals surface area contributed by atoms with Gasteiger partial charge in [-0.2, -0.15) is 4.98 Å². The smallest absolute Gasteiger partial charge is 0.347 e. The molecule has 1 aromatic heterocycles. The van der Waals surface area contributed by atoms with E-state index in [-0.39, 0.29) is 12.5 Å². The van der Waals surface area contributed by atoms with E-state index in [1.807, 2.05) is 18.2 Å². The van der Waals surface area contributed by atoms with Crippen molar-refractivity contribution < 1.29 is 28.3 Å². The summed E-state index contributed by atoms with van der Waals surface area (Å²) in [6, 6.07) is 14.2. The van der Waals surface area contributed by atoms with Crippen LogP contribution in [-0.2, 0) is 16.1 Å². The van der Waals surface area contributed by atoms with E-state index in [1.54, 1.807) is 51.5 Å². The molecule has 0 radical (unpaired) electrons. The molecule has 8 heteroatoms. The van der Waals surface area contributed by atoms with Crippen molar-refractivity contribution in [3.63, 3.8) is 0 Å². The number of hydrogen-bond acceptors (Lipinski definition) is 8. The topological polar surface area (TPSA) is 92.9 Å². The first kappa shape index (κ1) is 19.2. The van der Waals surface area contributed by atoms with Crippen molar-refractivity contribution in [2.24, 2.45) is 0 Å². The predicted octanol–water partition coefficient (Wildman–Crippen LogP) is 3.26. The predicted molar refractivity (Wildman–Crippen MR) is 99.2 cm³/mol. The minimum Gasteiger partial charge on any atom is -0.497 e. The molecular weight excluding hydrogens is 364 g/mol. The molecule has 0 aliphatic rings. The molecule has 3 aromatic rings. The second-order valence-electron chi connectivity index (χ2n) is 5.76. The lowest BCUT2D eigenvalue weighted by atomic mass is 10.2. The summed E-state index contributed by atoms with van der Waals surface area (Å²) >= 11 is 0. The fourth-order valence-electron chi connectivity index (χ4n) is 2.41. The van der Waals surface area contributed by atoms with Crippen molar-refractivity contribution in [3.05, 3.63) is 54.4 Å². The number of rotatable bonds is 8. The molecule has 0 spiro atoms. The standard InChI is InChI=1S/C20H20N2O6/c1-13(27-15-10-8-14(24-2)9-11-15)20(23)26-12-18-21-19(22-28-18)16-6-4-5-7-17(16)25-3/h4-11,13H,12H2,1-3H3. The molecule has 0 aliphatic heterocycles. The van der Waals surface area contributed by atoms with Crippen LogP contribution in [0.3, 0.4) is 0 Å². The first-order valence-electron chi connectivity index (χ1n) is 8.54. The quantitative estimate of drug-likeness (QED) is 0.547. The van der Waals surface area contributed by atoms with E-state index in [1.165, 1.54) is 0 Å². The Hall–Kier alpha value is -3.55. The molecule has 3 rings (SSSR count). The van der Waals surface area contributed by atoms with Gasteiger partial charge in [-0.05, 0) is 43.3 Å². The first-order chi connectivity index (χ1) is 13.6. The fraction of sp³-hybridized carbons (Fsp3) is 0.250. The summed E-state index contributed by atoms with van der Waals surface area (Å²) in [4.78, 5) is 16.4. The van der Waals surface area contributed by atoms with Crippen LogP contribution < -0.4 is 14.2 Å². The third kappa shape index (κ3) is 4.59. The molecule has 0 N–H and O–H groups in total. The molecule has 0 bridgehead atoms. The average Bonchev–Trinajstić information content (AvgIpc) is 3.21. The Morgan fingerprint density at radius 3 is 2.46 bits per heavy atom. The molecule has 8 nitrogen and oxygen atoms in total. The van der Waals surface area contributed by atoms with Crippen LogP contribution in [0, 0.1) is 0 Å². The monoisotopic (exact) mass is 384 g/mol. The minimum atomic E-state index is -0.801. The van der Waals surface area contributed by atoms with Gasteiger partial charge in [-0.1, -0.05) is 17.3 Å². The van der Waals surface area contributed by atoms with Crippen molar-refractivity contribution in [2.75, 3.05) is 14.2 Å². The van der Waals surface area contributed by atoms with Crippen LogP contribution >= 0.6 is 0 Å². The van der Waals surface area contributed by atoms with Gasteiger partial charge in [0.2, 0.25) is 5.82 Å². The van der Waals surface area contributed by atoms with Gasteiger partial charge in [0, 0.05) is 0 Å². The van der Waals surface area contributed by atoms with Crippen molar-refractivity contribution in [2.45, 2.75) is 19.6 Å². The van der Waals surface area contributed by atoms with Crippen molar-refractivity contribution >= 4 is 5.97 Å². The van der Waals surface area contributed by atoms with Gasteiger partial charge in [0.25, 0.3) is 5.89 Å². The number of nitrogens with zero attached hydrogens (tertiary/aromatic N) is 2. The van der Waals surface area contributed by atoms with Crippen LogP contribution in [0.2, 0.25) is 0 Å². The van der Waals surface area contributed by atoms with Crippen LogP contribution in [0.5, 0.6) is 17.2 Å². The molecule has 0 fully saturated rings. The molecular formula is C20H20N2O6. The summed E-state index contributed by atoms with van der Waals surface area (Å²) in [6.45, 7) is 1.44. The Labute approximate surface area is 162 Å². The second-order valence-corrected chi connectivity index (χ2v) is 5.76. The largest absolute Gasteiger partial charge is 0.497 e. The summed E-state index contributed by atoms with van der Waals surface area (Å²) in [5.74, 6) is 1.82. The number of methoxy groups -OCH3 is 2. The number of carbonyl (C=O) groups is 1. The molecule has 146 valence electrons. The molecule has 1 atom stereocenters. The van der Waals surface area contributed by atoms with Gasteiger partial charge in [0.1, 0.15) is 17.2 Å². The molecule has 28 heavy (non-hydrogen) atoms. The number of para-hydroxylation sites is 1. The number of ether oxygens (including phenoxy) is 4. The maximum Gasteiger partial charge on any atom is 0.347 e. The van der Waals surface area contributed by atoms with E-state index in [4.69, 9.17) is 23.5 Å². The van der Waals surface area contributed by atoms with Gasteiger partial charge in [0.05, 0.1) is 19.8 Å². The molecule has 0 saturated heterocycles. The highest BCUT2D eigenvalue weighted by molar-refractivity contribution is 5.74. The lowest BCUT2D eigenvalue weighted by molar-refractivity contribution is -0.153. The van der Waals surface area contributed by atoms with Crippen LogP contribution in [-0.4, -0.2) is 36.4 Å². The number of carbonyl (C=O) groups excluding carboxylic acids is 1. The van der Waals surface area contributed by atoms with Gasteiger partial charge in [-0.15, -0.1) is 0 Å². The summed E-state index contributed by atoms with van der Waals surface area (Å²) in [5, 5.41) is 3.90.